The normalized spacial score (nSPS) is 10.3. The van der Waals surface area contributed by atoms with Gasteiger partial charge in [0.1, 0.15) is 10.2 Å². The molecular formula is C16H15BrN2O5. The summed E-state index contributed by atoms with van der Waals surface area (Å²) in [6.07, 6.45) is 0. The molecule has 8 heteroatoms. The molecule has 2 aromatic rings. The Kier molecular flexibility index (Phi) is 5.08. The van der Waals surface area contributed by atoms with E-state index in [1.54, 1.807) is 6.92 Å². The van der Waals surface area contributed by atoms with Gasteiger partial charge in [0.2, 0.25) is 0 Å². The van der Waals surface area contributed by atoms with E-state index in [0.717, 1.165) is 0 Å². The van der Waals surface area contributed by atoms with Crippen molar-refractivity contribution in [2.24, 2.45) is 0 Å². The molecule has 1 amide bonds. The lowest BCUT2D eigenvalue weighted by Crippen LogP contribution is -2.25. The number of hydrogen-bond acceptors (Lipinski definition) is 5. The highest BCUT2D eigenvalue weighted by atomic mass is 79.9. The van der Waals surface area contributed by atoms with Crippen LogP contribution < -0.4 is 10.9 Å². The quantitative estimate of drug-likeness (QED) is 0.772. The van der Waals surface area contributed by atoms with E-state index in [9.17, 15) is 19.5 Å². The largest absolute Gasteiger partial charge is 0.506 e. The first kappa shape index (κ1) is 17.7. The molecule has 0 unspecified atom stereocenters. The van der Waals surface area contributed by atoms with E-state index >= 15 is 0 Å². The van der Waals surface area contributed by atoms with Crippen molar-refractivity contribution < 1.29 is 19.4 Å². The monoisotopic (exact) mass is 394 g/mol. The standard InChI is InChI=1S/C16H15BrN2O5/c1-8-6-12(20)13(17)15(22)19(8)11-7-9(14(21)18-2)4-5-10(11)16(23)24-3/h4-7,20H,1-3H3,(H,18,21). The highest BCUT2D eigenvalue weighted by Gasteiger charge is 2.20. The first-order valence-electron chi connectivity index (χ1n) is 6.87. The van der Waals surface area contributed by atoms with Crippen LogP contribution in [0.25, 0.3) is 5.69 Å². The minimum absolute atomic E-state index is 0.0470. The van der Waals surface area contributed by atoms with Gasteiger partial charge in [0.15, 0.2) is 0 Å². The zero-order valence-electron chi connectivity index (χ0n) is 13.2. The van der Waals surface area contributed by atoms with E-state index in [1.165, 1.54) is 43.0 Å². The Morgan fingerprint density at radius 3 is 2.54 bits per heavy atom. The molecule has 2 N–H and O–H groups in total. The number of carbonyl (C=O) groups excluding carboxylic acids is 2. The number of hydrogen-bond donors (Lipinski definition) is 2. The molecule has 2 rings (SSSR count). The second-order valence-electron chi connectivity index (χ2n) is 4.93. The van der Waals surface area contributed by atoms with E-state index in [0.29, 0.717) is 5.69 Å². The number of methoxy groups -OCH3 is 1. The molecule has 1 aromatic carbocycles. The number of nitrogens with one attached hydrogen (secondary N) is 1. The lowest BCUT2D eigenvalue weighted by atomic mass is 10.1. The Hall–Kier alpha value is -2.61. The number of amides is 1. The van der Waals surface area contributed by atoms with E-state index in [-0.39, 0.29) is 32.9 Å². The Bertz CT molecular complexity index is 889. The number of esters is 1. The number of pyridine rings is 1. The summed E-state index contributed by atoms with van der Waals surface area (Å²) >= 11 is 3.02. The summed E-state index contributed by atoms with van der Waals surface area (Å²) in [6.45, 7) is 1.60. The number of halogens is 1. The number of nitrogens with zero attached hydrogens (tertiary/aromatic N) is 1. The first-order valence-corrected chi connectivity index (χ1v) is 7.67. The molecule has 0 aliphatic carbocycles. The van der Waals surface area contributed by atoms with Crippen molar-refractivity contribution >= 4 is 27.8 Å². The molecule has 0 radical (unpaired) electrons. The third-order valence-corrected chi connectivity index (χ3v) is 4.19. The Morgan fingerprint density at radius 1 is 1.29 bits per heavy atom. The van der Waals surface area contributed by atoms with Crippen LogP contribution in [-0.2, 0) is 4.74 Å². The molecule has 0 bridgehead atoms. The van der Waals surface area contributed by atoms with Gasteiger partial charge in [0.25, 0.3) is 11.5 Å². The second kappa shape index (κ2) is 6.88. The smallest absolute Gasteiger partial charge is 0.339 e. The van der Waals surface area contributed by atoms with E-state index in [4.69, 9.17) is 4.74 Å². The molecule has 126 valence electrons. The molecule has 1 heterocycles. The molecule has 0 atom stereocenters. The number of benzene rings is 1. The predicted molar refractivity (Wildman–Crippen MR) is 90.9 cm³/mol. The van der Waals surface area contributed by atoms with Gasteiger partial charge in [0.05, 0.1) is 18.4 Å². The summed E-state index contributed by atoms with van der Waals surface area (Å²) in [5.74, 6) is -1.23. The zero-order valence-corrected chi connectivity index (χ0v) is 14.8. The van der Waals surface area contributed by atoms with Crippen molar-refractivity contribution in [2.75, 3.05) is 14.2 Å². The number of rotatable bonds is 3. The number of carbonyl (C=O) groups is 2. The van der Waals surface area contributed by atoms with Gasteiger partial charge in [-0.1, -0.05) is 0 Å². The first-order chi connectivity index (χ1) is 11.3. The Morgan fingerprint density at radius 2 is 1.96 bits per heavy atom. The highest BCUT2D eigenvalue weighted by molar-refractivity contribution is 9.10. The van der Waals surface area contributed by atoms with Crippen LogP contribution in [0, 0.1) is 6.92 Å². The Balaban J connectivity index is 2.86. The summed E-state index contributed by atoms with van der Waals surface area (Å²) in [4.78, 5) is 36.4. The molecule has 0 spiro atoms. The van der Waals surface area contributed by atoms with Crippen molar-refractivity contribution in [1.82, 2.24) is 9.88 Å². The average Bonchev–Trinajstić information content (AvgIpc) is 2.58. The fourth-order valence-corrected chi connectivity index (χ4v) is 2.57. The van der Waals surface area contributed by atoms with Gasteiger partial charge in [-0.25, -0.2) is 4.79 Å². The summed E-state index contributed by atoms with van der Waals surface area (Å²) < 4.78 is 5.92. The van der Waals surface area contributed by atoms with Crippen molar-refractivity contribution in [3.63, 3.8) is 0 Å². The summed E-state index contributed by atoms with van der Waals surface area (Å²) in [6, 6.07) is 5.67. The SMILES string of the molecule is CNC(=O)c1ccc(C(=O)OC)c(-n2c(C)cc(O)c(Br)c2=O)c1. The van der Waals surface area contributed by atoms with E-state index in [1.807, 2.05) is 0 Å². The molecule has 0 saturated carbocycles. The molecule has 0 aliphatic heterocycles. The number of ether oxygens (including phenoxy) is 1. The van der Waals surface area contributed by atoms with Crippen molar-refractivity contribution in [1.29, 1.82) is 0 Å². The van der Waals surface area contributed by atoms with Crippen molar-refractivity contribution in [3.8, 4) is 11.4 Å². The lowest BCUT2D eigenvalue weighted by Gasteiger charge is -2.16. The predicted octanol–water partition coefficient (Wildman–Crippen LogP) is 1.76. The van der Waals surface area contributed by atoms with Crippen molar-refractivity contribution in [3.05, 3.63) is 55.9 Å². The van der Waals surface area contributed by atoms with Crippen LogP contribution in [0.3, 0.4) is 0 Å². The molecule has 0 saturated heterocycles. The van der Waals surface area contributed by atoms with Gasteiger partial charge < -0.3 is 15.2 Å². The summed E-state index contributed by atoms with van der Waals surface area (Å²) in [5.41, 5.74) is 0.404. The van der Waals surface area contributed by atoms with Gasteiger partial charge in [-0.15, -0.1) is 0 Å². The second-order valence-corrected chi connectivity index (χ2v) is 5.72. The fraction of sp³-hybridized carbons (Fsp3) is 0.188. The van der Waals surface area contributed by atoms with E-state index < -0.39 is 11.5 Å². The van der Waals surface area contributed by atoms with Crippen LogP contribution in [-0.4, -0.2) is 35.7 Å². The van der Waals surface area contributed by atoms with Crippen LogP contribution in [0.4, 0.5) is 0 Å². The van der Waals surface area contributed by atoms with E-state index in [2.05, 4.69) is 21.2 Å². The third kappa shape index (κ3) is 3.05. The zero-order chi connectivity index (χ0) is 18.0. The highest BCUT2D eigenvalue weighted by Crippen LogP contribution is 2.24. The third-order valence-electron chi connectivity index (χ3n) is 3.45. The van der Waals surface area contributed by atoms with Gasteiger partial charge >= 0.3 is 5.97 Å². The Labute approximate surface area is 146 Å². The lowest BCUT2D eigenvalue weighted by molar-refractivity contribution is 0.0600. The number of aryl methyl sites for hydroxylation is 1. The van der Waals surface area contributed by atoms with Crippen LogP contribution in [0.15, 0.2) is 33.5 Å². The number of aromatic hydroxyl groups is 1. The van der Waals surface area contributed by atoms with Crippen molar-refractivity contribution in [2.45, 2.75) is 6.92 Å². The molecular weight excluding hydrogens is 380 g/mol. The van der Waals surface area contributed by atoms with Crippen LogP contribution in [0.2, 0.25) is 0 Å². The van der Waals surface area contributed by atoms with Crippen LogP contribution in [0.5, 0.6) is 5.75 Å². The summed E-state index contributed by atoms with van der Waals surface area (Å²) in [5, 5.41) is 12.2. The topological polar surface area (TPSA) is 97.6 Å². The maximum absolute atomic E-state index is 12.5. The molecule has 1 aromatic heterocycles. The summed E-state index contributed by atoms with van der Waals surface area (Å²) in [7, 11) is 2.70. The maximum Gasteiger partial charge on any atom is 0.339 e. The van der Waals surface area contributed by atoms with Gasteiger partial charge in [0, 0.05) is 24.4 Å². The molecule has 0 aliphatic rings. The van der Waals surface area contributed by atoms with Gasteiger partial charge in [-0.3, -0.25) is 14.2 Å². The van der Waals surface area contributed by atoms with Gasteiger partial charge in [-0.2, -0.15) is 0 Å². The molecule has 0 fully saturated rings. The molecule has 7 nitrogen and oxygen atoms in total. The minimum atomic E-state index is -0.649. The number of aromatic nitrogens is 1. The average molecular weight is 395 g/mol. The molecule has 24 heavy (non-hydrogen) atoms. The minimum Gasteiger partial charge on any atom is -0.506 e. The fourth-order valence-electron chi connectivity index (χ4n) is 2.28. The van der Waals surface area contributed by atoms with Gasteiger partial charge in [-0.05, 0) is 41.1 Å². The van der Waals surface area contributed by atoms with Crippen LogP contribution >= 0.6 is 15.9 Å². The van der Waals surface area contributed by atoms with Crippen LogP contribution in [0.1, 0.15) is 26.4 Å². The maximum atomic E-state index is 12.5.